The Bertz CT molecular complexity index is 890. The average molecular weight is 349 g/mol. The van der Waals surface area contributed by atoms with Gasteiger partial charge in [-0.1, -0.05) is 30.3 Å². The summed E-state index contributed by atoms with van der Waals surface area (Å²) in [4.78, 5) is 2.46. The lowest BCUT2D eigenvalue weighted by Crippen LogP contribution is -2.29. The summed E-state index contributed by atoms with van der Waals surface area (Å²) in [6.07, 6.45) is 0.980. The van der Waals surface area contributed by atoms with Crippen LogP contribution in [0.5, 0.6) is 11.5 Å². The van der Waals surface area contributed by atoms with Gasteiger partial charge in [0, 0.05) is 48.9 Å². The van der Waals surface area contributed by atoms with E-state index in [1.165, 1.54) is 16.8 Å². The SMILES string of the molecule is COc1ccc(-c2n[nH]c3c2CN(Cc2ccccc2)CC3)c(OC)c1. The van der Waals surface area contributed by atoms with Gasteiger partial charge in [0.05, 0.1) is 14.2 Å². The minimum absolute atomic E-state index is 0.777. The number of benzene rings is 2. The molecule has 3 aromatic rings. The Morgan fingerprint density at radius 2 is 1.92 bits per heavy atom. The van der Waals surface area contributed by atoms with Gasteiger partial charge in [0.15, 0.2) is 0 Å². The smallest absolute Gasteiger partial charge is 0.132 e. The predicted molar refractivity (Wildman–Crippen MR) is 101 cm³/mol. The molecular formula is C21H23N3O2. The molecule has 0 spiro atoms. The Kier molecular flexibility index (Phi) is 4.63. The van der Waals surface area contributed by atoms with Gasteiger partial charge in [0.25, 0.3) is 0 Å². The molecule has 0 radical (unpaired) electrons. The summed E-state index contributed by atoms with van der Waals surface area (Å²) in [7, 11) is 3.34. The molecule has 0 amide bonds. The lowest BCUT2D eigenvalue weighted by molar-refractivity contribution is 0.245. The second-order valence-corrected chi connectivity index (χ2v) is 6.54. The Morgan fingerprint density at radius 3 is 2.69 bits per heavy atom. The number of rotatable bonds is 5. The molecule has 4 rings (SSSR count). The summed E-state index contributed by atoms with van der Waals surface area (Å²) >= 11 is 0. The number of nitrogens with one attached hydrogen (secondary N) is 1. The number of hydrogen-bond acceptors (Lipinski definition) is 4. The lowest BCUT2D eigenvalue weighted by atomic mass is 10.00. The number of aromatic amines is 1. The topological polar surface area (TPSA) is 50.4 Å². The Balaban J connectivity index is 1.63. The molecule has 2 heterocycles. The second kappa shape index (κ2) is 7.22. The third-order valence-corrected chi connectivity index (χ3v) is 4.93. The van der Waals surface area contributed by atoms with Crippen molar-refractivity contribution in [3.63, 3.8) is 0 Å². The number of H-pyrrole nitrogens is 1. The Morgan fingerprint density at radius 1 is 1.08 bits per heavy atom. The maximum atomic E-state index is 5.58. The highest BCUT2D eigenvalue weighted by molar-refractivity contribution is 5.72. The largest absolute Gasteiger partial charge is 0.497 e. The van der Waals surface area contributed by atoms with Gasteiger partial charge in [-0.05, 0) is 17.7 Å². The van der Waals surface area contributed by atoms with Crippen LogP contribution in [0.25, 0.3) is 11.3 Å². The van der Waals surface area contributed by atoms with Crippen molar-refractivity contribution in [3.05, 3.63) is 65.4 Å². The molecule has 0 unspecified atom stereocenters. The number of nitrogens with zero attached hydrogens (tertiary/aromatic N) is 2. The van der Waals surface area contributed by atoms with Gasteiger partial charge in [-0.3, -0.25) is 10.00 Å². The fourth-order valence-corrected chi connectivity index (χ4v) is 3.54. The summed E-state index contributed by atoms with van der Waals surface area (Å²) in [6, 6.07) is 16.5. The molecule has 0 saturated carbocycles. The number of hydrogen-bond donors (Lipinski definition) is 1. The van der Waals surface area contributed by atoms with Crippen molar-refractivity contribution < 1.29 is 9.47 Å². The summed E-state index contributed by atoms with van der Waals surface area (Å²) in [5.74, 6) is 1.56. The maximum Gasteiger partial charge on any atom is 0.132 e. The minimum atomic E-state index is 0.777. The van der Waals surface area contributed by atoms with E-state index in [2.05, 4.69) is 45.4 Å². The maximum absolute atomic E-state index is 5.58. The van der Waals surface area contributed by atoms with Gasteiger partial charge in [-0.2, -0.15) is 5.10 Å². The van der Waals surface area contributed by atoms with Gasteiger partial charge in [0.2, 0.25) is 0 Å². The van der Waals surface area contributed by atoms with Crippen LogP contribution in [0.4, 0.5) is 0 Å². The zero-order valence-corrected chi connectivity index (χ0v) is 15.2. The van der Waals surface area contributed by atoms with Crippen molar-refractivity contribution >= 4 is 0 Å². The minimum Gasteiger partial charge on any atom is -0.497 e. The van der Waals surface area contributed by atoms with Crippen LogP contribution in [0, 0.1) is 0 Å². The molecule has 26 heavy (non-hydrogen) atoms. The van der Waals surface area contributed by atoms with Gasteiger partial charge in [0.1, 0.15) is 17.2 Å². The van der Waals surface area contributed by atoms with E-state index in [0.717, 1.165) is 48.8 Å². The Labute approximate surface area is 153 Å². The molecule has 1 N–H and O–H groups in total. The highest BCUT2D eigenvalue weighted by Gasteiger charge is 2.24. The van der Waals surface area contributed by atoms with Crippen LogP contribution in [0.15, 0.2) is 48.5 Å². The van der Waals surface area contributed by atoms with Gasteiger partial charge < -0.3 is 9.47 Å². The molecule has 2 aromatic carbocycles. The van der Waals surface area contributed by atoms with E-state index in [1.54, 1.807) is 14.2 Å². The first-order valence-corrected chi connectivity index (χ1v) is 8.83. The normalized spacial score (nSPS) is 14.1. The van der Waals surface area contributed by atoms with Crippen LogP contribution in [-0.2, 0) is 19.5 Å². The molecular weight excluding hydrogens is 326 g/mol. The third-order valence-electron chi connectivity index (χ3n) is 4.93. The molecule has 5 heteroatoms. The zero-order chi connectivity index (χ0) is 17.9. The molecule has 1 aliphatic rings. The quantitative estimate of drug-likeness (QED) is 0.764. The zero-order valence-electron chi connectivity index (χ0n) is 15.2. The van der Waals surface area contributed by atoms with E-state index in [0.29, 0.717) is 0 Å². The van der Waals surface area contributed by atoms with E-state index in [-0.39, 0.29) is 0 Å². The lowest BCUT2D eigenvalue weighted by Gasteiger charge is -2.27. The van der Waals surface area contributed by atoms with Crippen LogP contribution in [0.1, 0.15) is 16.8 Å². The highest BCUT2D eigenvalue weighted by atomic mass is 16.5. The van der Waals surface area contributed by atoms with Gasteiger partial charge in [-0.15, -0.1) is 0 Å². The van der Waals surface area contributed by atoms with Crippen LogP contribution in [0.3, 0.4) is 0 Å². The number of fused-ring (bicyclic) bond motifs is 1. The molecule has 0 fully saturated rings. The van der Waals surface area contributed by atoms with Gasteiger partial charge >= 0.3 is 0 Å². The van der Waals surface area contributed by atoms with Crippen molar-refractivity contribution in [2.24, 2.45) is 0 Å². The summed E-state index contributed by atoms with van der Waals surface area (Å²) in [5, 5.41) is 7.83. The van der Waals surface area contributed by atoms with E-state index >= 15 is 0 Å². The number of ether oxygens (including phenoxy) is 2. The molecule has 0 atom stereocenters. The fraction of sp³-hybridized carbons (Fsp3) is 0.286. The average Bonchev–Trinajstić information content (AvgIpc) is 3.11. The summed E-state index contributed by atoms with van der Waals surface area (Å²) in [5.41, 5.74) is 5.78. The van der Waals surface area contributed by atoms with Crippen LogP contribution in [-0.4, -0.2) is 35.9 Å². The first-order valence-electron chi connectivity index (χ1n) is 8.83. The van der Waals surface area contributed by atoms with Crippen molar-refractivity contribution in [2.75, 3.05) is 20.8 Å². The van der Waals surface area contributed by atoms with Gasteiger partial charge in [-0.25, -0.2) is 0 Å². The highest BCUT2D eigenvalue weighted by Crippen LogP contribution is 2.36. The number of aromatic nitrogens is 2. The predicted octanol–water partition coefficient (Wildman–Crippen LogP) is 3.65. The van der Waals surface area contributed by atoms with E-state index in [4.69, 9.17) is 9.47 Å². The molecule has 1 aliphatic heterocycles. The van der Waals surface area contributed by atoms with E-state index in [1.807, 2.05) is 18.2 Å². The van der Waals surface area contributed by atoms with Crippen LogP contribution < -0.4 is 9.47 Å². The van der Waals surface area contributed by atoms with Crippen molar-refractivity contribution in [2.45, 2.75) is 19.5 Å². The van der Waals surface area contributed by atoms with E-state index in [9.17, 15) is 0 Å². The fourth-order valence-electron chi connectivity index (χ4n) is 3.54. The third kappa shape index (κ3) is 3.18. The monoisotopic (exact) mass is 349 g/mol. The van der Waals surface area contributed by atoms with Crippen molar-refractivity contribution in [1.82, 2.24) is 15.1 Å². The number of methoxy groups -OCH3 is 2. The van der Waals surface area contributed by atoms with E-state index < -0.39 is 0 Å². The molecule has 1 aromatic heterocycles. The molecule has 0 aliphatic carbocycles. The second-order valence-electron chi connectivity index (χ2n) is 6.54. The standard InChI is InChI=1S/C21H23N3O2/c1-25-16-8-9-17(20(12-16)26-2)21-18-14-24(11-10-19(18)22-23-21)13-15-6-4-3-5-7-15/h3-9,12H,10-11,13-14H2,1-2H3,(H,22,23). The molecule has 0 bridgehead atoms. The summed E-state index contributed by atoms with van der Waals surface area (Å²) in [6.45, 7) is 2.86. The molecule has 0 saturated heterocycles. The summed E-state index contributed by atoms with van der Waals surface area (Å²) < 4.78 is 10.9. The van der Waals surface area contributed by atoms with Crippen molar-refractivity contribution in [3.8, 4) is 22.8 Å². The van der Waals surface area contributed by atoms with Crippen LogP contribution in [0.2, 0.25) is 0 Å². The first-order chi connectivity index (χ1) is 12.8. The van der Waals surface area contributed by atoms with Crippen LogP contribution >= 0.6 is 0 Å². The first kappa shape index (κ1) is 16.7. The molecule has 5 nitrogen and oxygen atoms in total. The van der Waals surface area contributed by atoms with Crippen molar-refractivity contribution in [1.29, 1.82) is 0 Å². The molecule has 134 valence electrons. The Hall–Kier alpha value is -2.79.